The zero-order valence-electron chi connectivity index (χ0n) is 11.3. The molecule has 0 radical (unpaired) electrons. The summed E-state index contributed by atoms with van der Waals surface area (Å²) < 4.78 is 0. The Balaban J connectivity index is 2.51. The SMILES string of the molecule is C[Si](C)(C)C1=C2CCC2=C([Si](C)(C)C)C1=O. The highest BCUT2D eigenvalue weighted by molar-refractivity contribution is 6.94. The van der Waals surface area contributed by atoms with Gasteiger partial charge in [0.15, 0.2) is 5.78 Å². The van der Waals surface area contributed by atoms with Crippen LogP contribution < -0.4 is 0 Å². The lowest BCUT2D eigenvalue weighted by atomic mass is 9.88. The first-order valence-electron chi connectivity index (χ1n) is 6.16. The van der Waals surface area contributed by atoms with E-state index in [1.165, 1.54) is 21.5 Å². The molecule has 0 N–H and O–H groups in total. The van der Waals surface area contributed by atoms with Crippen molar-refractivity contribution in [3.63, 3.8) is 0 Å². The molecule has 2 aliphatic carbocycles. The van der Waals surface area contributed by atoms with Crippen molar-refractivity contribution < 1.29 is 4.79 Å². The van der Waals surface area contributed by atoms with Gasteiger partial charge in [0, 0.05) is 0 Å². The number of rotatable bonds is 2. The Morgan fingerprint density at radius 2 is 1.06 bits per heavy atom. The largest absolute Gasteiger partial charge is 0.290 e. The first kappa shape index (κ1) is 12.1. The molecule has 1 nitrogen and oxygen atoms in total. The van der Waals surface area contributed by atoms with Gasteiger partial charge in [0.25, 0.3) is 0 Å². The van der Waals surface area contributed by atoms with Crippen molar-refractivity contribution in [1.82, 2.24) is 0 Å². The maximum absolute atomic E-state index is 12.6. The number of ketones is 1. The van der Waals surface area contributed by atoms with Gasteiger partial charge in [-0.3, -0.25) is 4.79 Å². The second-order valence-corrected chi connectivity index (χ2v) is 17.0. The van der Waals surface area contributed by atoms with Crippen molar-refractivity contribution in [2.24, 2.45) is 0 Å². The van der Waals surface area contributed by atoms with E-state index in [2.05, 4.69) is 39.3 Å². The van der Waals surface area contributed by atoms with Gasteiger partial charge in [0.1, 0.15) is 0 Å². The molecule has 0 unspecified atom stereocenters. The highest BCUT2D eigenvalue weighted by atomic mass is 28.3. The lowest BCUT2D eigenvalue weighted by Gasteiger charge is -2.26. The van der Waals surface area contributed by atoms with Gasteiger partial charge < -0.3 is 0 Å². The average Bonchev–Trinajstić information content (AvgIpc) is 2.20. The molecule has 0 aliphatic heterocycles. The second kappa shape index (κ2) is 3.29. The number of fused-ring (bicyclic) bond motifs is 1. The quantitative estimate of drug-likeness (QED) is 0.683. The minimum absolute atomic E-state index is 0.445. The van der Waals surface area contributed by atoms with Gasteiger partial charge >= 0.3 is 0 Å². The highest BCUT2D eigenvalue weighted by Crippen LogP contribution is 2.48. The normalized spacial score (nSPS) is 21.5. The molecule has 0 heterocycles. The van der Waals surface area contributed by atoms with Crippen molar-refractivity contribution in [3.8, 4) is 0 Å². The summed E-state index contributed by atoms with van der Waals surface area (Å²) in [7, 11) is -2.90. The number of carbonyl (C=O) groups is 1. The average molecular weight is 250 g/mol. The molecular weight excluding hydrogens is 228 g/mol. The summed E-state index contributed by atoms with van der Waals surface area (Å²) in [4.78, 5) is 12.6. The third kappa shape index (κ3) is 1.61. The van der Waals surface area contributed by atoms with E-state index in [4.69, 9.17) is 0 Å². The Morgan fingerprint density at radius 3 is 1.19 bits per heavy atom. The van der Waals surface area contributed by atoms with Gasteiger partial charge in [-0.1, -0.05) is 39.3 Å². The molecule has 3 heteroatoms. The lowest BCUT2D eigenvalue weighted by molar-refractivity contribution is -0.111. The third-order valence-electron chi connectivity index (χ3n) is 3.55. The summed E-state index contributed by atoms with van der Waals surface area (Å²) in [6.07, 6.45) is 2.32. The fraction of sp³-hybridized carbons (Fsp3) is 0.615. The van der Waals surface area contributed by atoms with E-state index >= 15 is 0 Å². The molecule has 0 spiro atoms. The van der Waals surface area contributed by atoms with Gasteiger partial charge in [-0.2, -0.15) is 0 Å². The van der Waals surface area contributed by atoms with E-state index in [1.807, 2.05) is 0 Å². The fourth-order valence-electron chi connectivity index (χ4n) is 2.91. The molecule has 16 heavy (non-hydrogen) atoms. The molecule has 1 saturated carbocycles. The second-order valence-electron chi connectivity index (χ2n) is 7.04. The molecule has 0 aromatic rings. The van der Waals surface area contributed by atoms with Crippen molar-refractivity contribution in [2.75, 3.05) is 0 Å². The van der Waals surface area contributed by atoms with Crippen LogP contribution in [0.25, 0.3) is 0 Å². The fourth-order valence-corrected chi connectivity index (χ4v) is 7.01. The molecule has 0 atom stereocenters. The molecular formula is C13H22OSi2. The van der Waals surface area contributed by atoms with Crippen LogP contribution in [-0.4, -0.2) is 21.9 Å². The number of Topliss-reactive ketones (excluding diaryl/α,β-unsaturated/α-hetero) is 1. The zero-order chi connectivity index (χ0) is 12.3. The molecule has 2 aliphatic rings. The minimum Gasteiger partial charge on any atom is -0.290 e. The Morgan fingerprint density at radius 1 is 0.750 bits per heavy atom. The van der Waals surface area contributed by atoms with Crippen LogP contribution in [0, 0.1) is 0 Å². The Labute approximate surface area is 101 Å². The van der Waals surface area contributed by atoms with Crippen molar-refractivity contribution in [3.05, 3.63) is 21.5 Å². The van der Waals surface area contributed by atoms with Crippen LogP contribution in [0.1, 0.15) is 12.8 Å². The van der Waals surface area contributed by atoms with E-state index < -0.39 is 16.1 Å². The van der Waals surface area contributed by atoms with Crippen LogP contribution in [0.5, 0.6) is 0 Å². The van der Waals surface area contributed by atoms with E-state index in [1.54, 1.807) is 0 Å². The molecule has 0 aromatic heterocycles. The van der Waals surface area contributed by atoms with E-state index in [9.17, 15) is 4.79 Å². The number of hydrogen-bond acceptors (Lipinski definition) is 1. The summed E-state index contributed by atoms with van der Waals surface area (Å²) in [6, 6.07) is 0. The first-order valence-corrected chi connectivity index (χ1v) is 13.2. The summed E-state index contributed by atoms with van der Waals surface area (Å²) in [5, 5.41) is 2.51. The van der Waals surface area contributed by atoms with Crippen LogP contribution in [0.15, 0.2) is 21.5 Å². The zero-order valence-corrected chi connectivity index (χ0v) is 13.3. The molecule has 0 amide bonds. The van der Waals surface area contributed by atoms with E-state index in [0.717, 1.165) is 12.8 Å². The molecule has 0 saturated heterocycles. The van der Waals surface area contributed by atoms with Gasteiger partial charge in [-0.05, 0) is 34.4 Å². The third-order valence-corrected chi connectivity index (χ3v) is 7.60. The van der Waals surface area contributed by atoms with Gasteiger partial charge in [0.2, 0.25) is 0 Å². The summed E-state index contributed by atoms with van der Waals surface area (Å²) in [5.74, 6) is 0.445. The monoisotopic (exact) mass is 250 g/mol. The summed E-state index contributed by atoms with van der Waals surface area (Å²) in [5.41, 5.74) is 2.92. The summed E-state index contributed by atoms with van der Waals surface area (Å²) in [6.45, 7) is 13.8. The van der Waals surface area contributed by atoms with Crippen LogP contribution in [-0.2, 0) is 4.79 Å². The van der Waals surface area contributed by atoms with Crippen LogP contribution >= 0.6 is 0 Å². The number of carbonyl (C=O) groups excluding carboxylic acids is 1. The predicted octanol–water partition coefficient (Wildman–Crippen LogP) is 3.71. The minimum atomic E-state index is -1.45. The topological polar surface area (TPSA) is 17.1 Å². The van der Waals surface area contributed by atoms with Gasteiger partial charge in [-0.15, -0.1) is 0 Å². The van der Waals surface area contributed by atoms with E-state index in [-0.39, 0.29) is 0 Å². The first-order chi connectivity index (χ1) is 7.14. The van der Waals surface area contributed by atoms with Crippen molar-refractivity contribution >= 4 is 21.9 Å². The maximum atomic E-state index is 12.6. The van der Waals surface area contributed by atoms with Crippen LogP contribution in [0.4, 0.5) is 0 Å². The van der Waals surface area contributed by atoms with E-state index in [0.29, 0.717) is 5.78 Å². The Hall–Kier alpha value is -0.416. The highest BCUT2D eigenvalue weighted by Gasteiger charge is 2.45. The Bertz CT molecular complexity index is 388. The van der Waals surface area contributed by atoms with Crippen molar-refractivity contribution in [2.45, 2.75) is 52.1 Å². The van der Waals surface area contributed by atoms with Gasteiger partial charge in [-0.25, -0.2) is 0 Å². The lowest BCUT2D eigenvalue weighted by Crippen LogP contribution is -2.34. The maximum Gasteiger partial charge on any atom is 0.177 e. The molecule has 0 aromatic carbocycles. The van der Waals surface area contributed by atoms with Crippen LogP contribution in [0.3, 0.4) is 0 Å². The number of hydrogen-bond donors (Lipinski definition) is 0. The molecule has 2 rings (SSSR count). The number of allylic oxidation sites excluding steroid dienone is 4. The predicted molar refractivity (Wildman–Crippen MR) is 75.0 cm³/mol. The standard InChI is InChI=1S/C13H22OSi2/c1-15(2,3)12-9-7-8-10(9)13(11(12)14)16(4,5)6/h7-8H2,1-6H3. The Kier molecular flexibility index (Phi) is 2.48. The summed E-state index contributed by atoms with van der Waals surface area (Å²) >= 11 is 0. The smallest absolute Gasteiger partial charge is 0.177 e. The van der Waals surface area contributed by atoms with Crippen LogP contribution in [0.2, 0.25) is 39.3 Å². The molecule has 0 bridgehead atoms. The molecule has 88 valence electrons. The van der Waals surface area contributed by atoms with Gasteiger partial charge in [0.05, 0.1) is 16.1 Å². The van der Waals surface area contributed by atoms with Crippen molar-refractivity contribution in [1.29, 1.82) is 0 Å². The molecule has 1 fully saturated rings.